The predicted molar refractivity (Wildman–Crippen MR) is 122 cm³/mol. The van der Waals surface area contributed by atoms with Crippen LogP contribution in [0.5, 0.6) is 5.75 Å². The Labute approximate surface area is 193 Å². The fourth-order valence-corrected chi connectivity index (χ4v) is 3.85. The summed E-state index contributed by atoms with van der Waals surface area (Å²) in [7, 11) is 1.54. The van der Waals surface area contributed by atoms with E-state index in [2.05, 4.69) is 21.3 Å². The second-order valence-corrected chi connectivity index (χ2v) is 8.42. The van der Waals surface area contributed by atoms with Crippen molar-refractivity contribution in [2.24, 2.45) is 0 Å². The van der Waals surface area contributed by atoms with E-state index in [0.29, 0.717) is 24.4 Å². The number of rotatable bonds is 5. The Morgan fingerprint density at radius 2 is 1.97 bits per heavy atom. The first-order chi connectivity index (χ1) is 15.8. The normalized spacial score (nSPS) is 20.7. The maximum Gasteiger partial charge on any atom is 0.321 e. The zero-order chi connectivity index (χ0) is 24.0. The van der Waals surface area contributed by atoms with Crippen molar-refractivity contribution in [3.8, 4) is 5.75 Å². The van der Waals surface area contributed by atoms with Gasteiger partial charge in [0, 0.05) is 37.4 Å². The number of methoxy groups -OCH3 is 1. The fraction of sp³-hybridized carbons (Fsp3) is 0.545. The van der Waals surface area contributed by atoms with Crippen molar-refractivity contribution in [2.75, 3.05) is 38.6 Å². The third-order valence-corrected chi connectivity index (χ3v) is 5.57. The van der Waals surface area contributed by atoms with Gasteiger partial charge in [0.2, 0.25) is 11.8 Å². The Morgan fingerprint density at radius 1 is 1.18 bits per heavy atom. The van der Waals surface area contributed by atoms with Gasteiger partial charge in [-0.15, -0.1) is 0 Å². The van der Waals surface area contributed by atoms with Gasteiger partial charge >= 0.3 is 12.1 Å². The molecule has 2 atom stereocenters. The Bertz CT molecular complexity index is 892. The van der Waals surface area contributed by atoms with Gasteiger partial charge in [-0.1, -0.05) is 6.07 Å². The number of piperidine rings is 1. The zero-order valence-corrected chi connectivity index (χ0v) is 19.2. The lowest BCUT2D eigenvalue weighted by Gasteiger charge is -2.41. The van der Waals surface area contributed by atoms with Gasteiger partial charge in [-0.05, 0) is 38.8 Å². The zero-order valence-electron chi connectivity index (χ0n) is 19.2. The number of anilines is 1. The quantitative estimate of drug-likeness (QED) is 0.514. The third kappa shape index (κ3) is 6.27. The summed E-state index contributed by atoms with van der Waals surface area (Å²) in [6, 6.07) is 4.49. The van der Waals surface area contributed by atoms with Crippen molar-refractivity contribution in [3.63, 3.8) is 0 Å². The monoisotopic (exact) mass is 460 g/mol. The molecule has 0 spiro atoms. The number of hydrogen-bond donors (Lipinski definition) is 4. The lowest BCUT2D eigenvalue weighted by molar-refractivity contribution is -0.133. The van der Waals surface area contributed by atoms with Crippen LogP contribution in [0, 0.1) is 0 Å². The highest BCUT2D eigenvalue weighted by atomic mass is 16.5. The van der Waals surface area contributed by atoms with Crippen LogP contribution in [0.2, 0.25) is 0 Å². The summed E-state index contributed by atoms with van der Waals surface area (Å²) < 4.78 is 5.18. The molecule has 0 bridgehead atoms. The Kier molecular flexibility index (Phi) is 7.96. The molecule has 2 aliphatic rings. The van der Waals surface area contributed by atoms with Crippen molar-refractivity contribution in [1.29, 1.82) is 0 Å². The molecule has 6 amide bonds. The van der Waals surface area contributed by atoms with Gasteiger partial charge in [-0.25, -0.2) is 9.59 Å². The van der Waals surface area contributed by atoms with Crippen LogP contribution in [0.4, 0.5) is 15.3 Å². The average Bonchev–Trinajstić information content (AvgIpc) is 2.79. The van der Waals surface area contributed by atoms with Crippen LogP contribution >= 0.6 is 0 Å². The molecule has 2 saturated heterocycles. The molecule has 180 valence electrons. The van der Waals surface area contributed by atoms with Crippen molar-refractivity contribution in [2.45, 2.75) is 44.8 Å². The van der Waals surface area contributed by atoms with Gasteiger partial charge in [0.15, 0.2) is 0 Å². The first-order valence-corrected chi connectivity index (χ1v) is 11.1. The maximum atomic E-state index is 13.1. The summed E-state index contributed by atoms with van der Waals surface area (Å²) in [6.45, 7) is 4.68. The molecule has 2 fully saturated rings. The number of carbonyl (C=O) groups is 4. The number of carbonyl (C=O) groups excluding carboxylic acids is 4. The number of nitrogens with zero attached hydrogens (tertiary/aromatic N) is 2. The highest BCUT2D eigenvalue weighted by Crippen LogP contribution is 2.19. The second kappa shape index (κ2) is 10.9. The van der Waals surface area contributed by atoms with E-state index in [4.69, 9.17) is 4.74 Å². The van der Waals surface area contributed by atoms with E-state index >= 15 is 0 Å². The Balaban J connectivity index is 1.72. The van der Waals surface area contributed by atoms with E-state index in [0.717, 1.165) is 6.42 Å². The standard InChI is InChI=1S/C22H32N6O5/c1-14(2)24-22(32)28-11-10-27(21(31)25-15-6-4-7-16(12-15)33-3)13-18(28)20(30)26-17-8-5-9-23-19(17)29/h4,6-7,12,14,17-18H,5,8-11,13H2,1-3H3,(H,23,29)(H,24,32)(H,25,31)(H,26,30). The highest BCUT2D eigenvalue weighted by molar-refractivity contribution is 5.94. The van der Waals surface area contributed by atoms with E-state index in [1.165, 1.54) is 16.9 Å². The molecular weight excluding hydrogens is 428 g/mol. The number of nitrogens with one attached hydrogen (secondary N) is 4. The molecule has 2 heterocycles. The number of urea groups is 2. The van der Waals surface area contributed by atoms with E-state index in [9.17, 15) is 19.2 Å². The highest BCUT2D eigenvalue weighted by Gasteiger charge is 2.38. The van der Waals surface area contributed by atoms with E-state index in [-0.39, 0.29) is 43.6 Å². The van der Waals surface area contributed by atoms with E-state index in [1.54, 1.807) is 24.3 Å². The molecule has 1 aromatic rings. The van der Waals surface area contributed by atoms with Crippen LogP contribution in [0.3, 0.4) is 0 Å². The molecule has 1 aromatic carbocycles. The van der Waals surface area contributed by atoms with Gasteiger partial charge in [-0.3, -0.25) is 9.59 Å². The molecule has 4 N–H and O–H groups in total. The molecule has 11 heteroatoms. The first kappa shape index (κ1) is 24.1. The molecule has 0 aliphatic carbocycles. The van der Waals surface area contributed by atoms with Crippen LogP contribution in [-0.2, 0) is 9.59 Å². The largest absolute Gasteiger partial charge is 0.497 e. The number of hydrogen-bond acceptors (Lipinski definition) is 5. The average molecular weight is 461 g/mol. The van der Waals surface area contributed by atoms with Gasteiger partial charge in [0.1, 0.15) is 17.8 Å². The van der Waals surface area contributed by atoms with Crippen LogP contribution in [-0.4, -0.2) is 85.1 Å². The third-order valence-electron chi connectivity index (χ3n) is 5.57. The molecule has 2 unspecified atom stereocenters. The second-order valence-electron chi connectivity index (χ2n) is 8.42. The van der Waals surface area contributed by atoms with Crippen LogP contribution in [0.15, 0.2) is 24.3 Å². The lowest BCUT2D eigenvalue weighted by atomic mass is 10.1. The van der Waals surface area contributed by atoms with Gasteiger partial charge < -0.3 is 35.8 Å². The smallest absolute Gasteiger partial charge is 0.321 e. The number of amides is 6. The minimum absolute atomic E-state index is 0.00148. The lowest BCUT2D eigenvalue weighted by Crippen LogP contribution is -2.65. The van der Waals surface area contributed by atoms with E-state index in [1.807, 2.05) is 13.8 Å². The summed E-state index contributed by atoms with van der Waals surface area (Å²) in [5.41, 5.74) is 0.555. The number of ether oxygens (including phenoxy) is 1. The molecule has 0 radical (unpaired) electrons. The summed E-state index contributed by atoms with van der Waals surface area (Å²) in [6.07, 6.45) is 1.29. The molecule has 33 heavy (non-hydrogen) atoms. The summed E-state index contributed by atoms with van der Waals surface area (Å²) >= 11 is 0. The number of benzene rings is 1. The SMILES string of the molecule is COc1cccc(NC(=O)N2CCN(C(=O)NC(C)C)C(C(=O)NC3CCCNC3=O)C2)c1. The molecule has 2 aliphatic heterocycles. The molecule has 0 saturated carbocycles. The topological polar surface area (TPSA) is 132 Å². The first-order valence-electron chi connectivity index (χ1n) is 11.1. The van der Waals surface area contributed by atoms with Crippen LogP contribution in [0.1, 0.15) is 26.7 Å². The molecule has 11 nitrogen and oxygen atoms in total. The van der Waals surface area contributed by atoms with Crippen LogP contribution in [0.25, 0.3) is 0 Å². The summed E-state index contributed by atoms with van der Waals surface area (Å²) in [4.78, 5) is 53.8. The van der Waals surface area contributed by atoms with Gasteiger partial charge in [-0.2, -0.15) is 0 Å². The predicted octanol–water partition coefficient (Wildman–Crippen LogP) is 0.726. The summed E-state index contributed by atoms with van der Waals surface area (Å²) in [5.74, 6) is -0.1000. The van der Waals surface area contributed by atoms with Crippen molar-refractivity contribution < 1.29 is 23.9 Å². The van der Waals surface area contributed by atoms with Crippen molar-refractivity contribution in [3.05, 3.63) is 24.3 Å². The fourth-order valence-electron chi connectivity index (χ4n) is 3.85. The van der Waals surface area contributed by atoms with Gasteiger partial charge in [0.05, 0.1) is 13.7 Å². The van der Waals surface area contributed by atoms with E-state index < -0.39 is 18.0 Å². The van der Waals surface area contributed by atoms with Crippen LogP contribution < -0.4 is 26.0 Å². The maximum absolute atomic E-state index is 13.1. The van der Waals surface area contributed by atoms with Gasteiger partial charge in [0.25, 0.3) is 0 Å². The van der Waals surface area contributed by atoms with Crippen molar-refractivity contribution in [1.82, 2.24) is 25.8 Å². The van der Waals surface area contributed by atoms with Crippen molar-refractivity contribution >= 4 is 29.6 Å². The summed E-state index contributed by atoms with van der Waals surface area (Å²) in [5, 5.41) is 11.1. The Morgan fingerprint density at radius 3 is 2.67 bits per heavy atom. The molecule has 0 aromatic heterocycles. The number of piperazine rings is 1. The Hall–Kier alpha value is -3.50. The minimum Gasteiger partial charge on any atom is -0.497 e. The molecular formula is C22H32N6O5. The minimum atomic E-state index is -0.928. The molecule has 3 rings (SSSR count).